The van der Waals surface area contributed by atoms with Crippen LogP contribution in [0.4, 0.5) is 10.5 Å². The Morgan fingerprint density at radius 1 is 1.07 bits per heavy atom. The molecule has 0 saturated carbocycles. The quantitative estimate of drug-likeness (QED) is 0.243. The van der Waals surface area contributed by atoms with Crippen molar-refractivity contribution in [3.05, 3.63) is 51.7 Å². The number of amides is 2. The van der Waals surface area contributed by atoms with E-state index in [1.54, 1.807) is 37.8 Å². The minimum Gasteiger partial charge on any atom is -0.493 e. The number of aromatic amines is 1. The van der Waals surface area contributed by atoms with Crippen LogP contribution in [0.5, 0.6) is 17.2 Å². The van der Waals surface area contributed by atoms with E-state index < -0.39 is 27.9 Å². The molecule has 2 N–H and O–H groups in total. The van der Waals surface area contributed by atoms with Crippen LogP contribution < -0.4 is 24.4 Å². The van der Waals surface area contributed by atoms with Crippen molar-refractivity contribution in [3.63, 3.8) is 0 Å². The highest BCUT2D eigenvalue weighted by Crippen LogP contribution is 2.44. The Labute approximate surface area is 269 Å². The average molecular weight is 656 g/mol. The predicted molar refractivity (Wildman–Crippen MR) is 175 cm³/mol. The van der Waals surface area contributed by atoms with Crippen LogP contribution >= 0.6 is 0 Å². The first-order chi connectivity index (χ1) is 21.6. The third kappa shape index (κ3) is 6.95. The number of hydrogen-bond donors (Lipinski definition) is 2. The van der Waals surface area contributed by atoms with Gasteiger partial charge in [0.1, 0.15) is 17.9 Å². The summed E-state index contributed by atoms with van der Waals surface area (Å²) in [6.45, 7) is 9.72. The van der Waals surface area contributed by atoms with Gasteiger partial charge in [0, 0.05) is 17.5 Å². The Morgan fingerprint density at radius 3 is 2.46 bits per heavy atom. The molecule has 12 nitrogen and oxygen atoms in total. The Kier molecular flexibility index (Phi) is 9.02. The molecule has 0 fully saturated rings. The molecule has 0 bridgehead atoms. The summed E-state index contributed by atoms with van der Waals surface area (Å²) in [6, 6.07) is 5.42. The Morgan fingerprint density at radius 2 is 1.80 bits per heavy atom. The van der Waals surface area contributed by atoms with E-state index in [0.29, 0.717) is 34.6 Å². The number of ether oxygens (including phenoxy) is 4. The molecule has 46 heavy (non-hydrogen) atoms. The van der Waals surface area contributed by atoms with Gasteiger partial charge in [-0.25, -0.2) is 4.79 Å². The van der Waals surface area contributed by atoms with E-state index in [-0.39, 0.29) is 31.3 Å². The Balaban J connectivity index is 1.48. The van der Waals surface area contributed by atoms with Crippen LogP contribution in [0, 0.1) is 6.92 Å². The Bertz CT molecular complexity index is 1840. The van der Waals surface area contributed by atoms with E-state index >= 15 is 0 Å². The number of carbonyl (C=O) groups is 2. The summed E-state index contributed by atoms with van der Waals surface area (Å²) >= 11 is 0. The van der Waals surface area contributed by atoms with Crippen molar-refractivity contribution < 1.29 is 41.1 Å². The molecule has 1 aliphatic heterocycles. The first-order valence-corrected chi connectivity index (χ1v) is 16.8. The van der Waals surface area contributed by atoms with Crippen molar-refractivity contribution in [2.75, 3.05) is 45.1 Å². The maximum atomic E-state index is 14.3. The lowest BCUT2D eigenvalue weighted by Gasteiger charge is -2.35. The molecule has 248 valence electrons. The largest absolute Gasteiger partial charge is 0.493 e. The van der Waals surface area contributed by atoms with Gasteiger partial charge < -0.3 is 34.1 Å². The van der Waals surface area contributed by atoms with Gasteiger partial charge >= 0.3 is 6.09 Å². The molecule has 13 heteroatoms. The van der Waals surface area contributed by atoms with Gasteiger partial charge in [0.05, 0.1) is 45.2 Å². The average Bonchev–Trinajstić information content (AvgIpc) is 3.56. The number of aryl methyl sites for hydroxylation is 1. The molecular formula is C33H41N3O9S. The smallest absolute Gasteiger partial charge is 0.407 e. The number of benzene rings is 2. The van der Waals surface area contributed by atoms with E-state index in [1.165, 1.54) is 25.4 Å². The van der Waals surface area contributed by atoms with Gasteiger partial charge in [-0.15, -0.1) is 0 Å². The summed E-state index contributed by atoms with van der Waals surface area (Å²) in [4.78, 5) is 31.0. The van der Waals surface area contributed by atoms with Crippen LogP contribution in [0.15, 0.2) is 23.8 Å². The monoisotopic (exact) mass is 655 g/mol. The van der Waals surface area contributed by atoms with E-state index in [4.69, 9.17) is 23.1 Å². The summed E-state index contributed by atoms with van der Waals surface area (Å²) in [5.74, 6) is 0.625. The zero-order valence-electron chi connectivity index (χ0n) is 27.5. The maximum absolute atomic E-state index is 14.3. The number of methoxy groups -OCH3 is 2. The lowest BCUT2D eigenvalue weighted by molar-refractivity contribution is 0.0519. The molecule has 1 aliphatic carbocycles. The minimum absolute atomic E-state index is 0.0503. The maximum Gasteiger partial charge on any atom is 0.407 e. The molecule has 0 radical (unpaired) electrons. The highest BCUT2D eigenvalue weighted by atomic mass is 32.2. The number of anilines is 1. The van der Waals surface area contributed by atoms with Gasteiger partial charge in [0.2, 0.25) is 5.75 Å². The molecule has 5 rings (SSSR count). The highest BCUT2D eigenvalue weighted by molar-refractivity contribution is 7.86. The topological polar surface area (TPSA) is 145 Å². The van der Waals surface area contributed by atoms with Gasteiger partial charge in [-0.1, -0.05) is 11.6 Å². The first kappa shape index (κ1) is 33.1. The van der Waals surface area contributed by atoms with Crippen LogP contribution in [-0.2, 0) is 31.9 Å². The van der Waals surface area contributed by atoms with Crippen LogP contribution in [0.25, 0.3) is 17.0 Å². The van der Waals surface area contributed by atoms with Crippen LogP contribution in [0.1, 0.15) is 60.4 Å². The lowest BCUT2D eigenvalue weighted by atomic mass is 9.90. The number of nitrogens with zero attached hydrogens (tertiary/aromatic N) is 1. The van der Waals surface area contributed by atoms with E-state index in [9.17, 15) is 18.0 Å². The third-order valence-corrected chi connectivity index (χ3v) is 8.38. The molecule has 1 aromatic heterocycles. The van der Waals surface area contributed by atoms with Gasteiger partial charge in [-0.2, -0.15) is 8.42 Å². The van der Waals surface area contributed by atoms with E-state index in [0.717, 1.165) is 35.1 Å². The van der Waals surface area contributed by atoms with E-state index in [1.807, 2.05) is 13.0 Å². The lowest BCUT2D eigenvalue weighted by Crippen LogP contribution is -2.44. The van der Waals surface area contributed by atoms with Crippen molar-refractivity contribution >= 4 is 44.8 Å². The predicted octanol–water partition coefficient (Wildman–Crippen LogP) is 4.90. The van der Waals surface area contributed by atoms with Gasteiger partial charge in [-0.3, -0.25) is 8.98 Å². The number of alkyl carbamates (subject to hydrolysis) is 1. The molecule has 0 saturated heterocycles. The normalized spacial score (nSPS) is 16.0. The number of aromatic nitrogens is 1. The van der Waals surface area contributed by atoms with Crippen molar-refractivity contribution in [2.45, 2.75) is 59.2 Å². The summed E-state index contributed by atoms with van der Waals surface area (Å²) < 4.78 is 52.3. The molecule has 2 aliphatic rings. The van der Waals surface area contributed by atoms with Crippen molar-refractivity contribution in [1.29, 1.82) is 0 Å². The fourth-order valence-corrected chi connectivity index (χ4v) is 6.64. The number of hydrogen-bond acceptors (Lipinski definition) is 9. The molecule has 1 atom stereocenters. The number of nitrogens with one attached hydrogen (secondary N) is 2. The van der Waals surface area contributed by atoms with Crippen molar-refractivity contribution in [3.8, 4) is 17.2 Å². The molecule has 3 aromatic rings. The first-order valence-electron chi connectivity index (χ1n) is 15.0. The van der Waals surface area contributed by atoms with Gasteiger partial charge in [0.25, 0.3) is 16.0 Å². The summed E-state index contributed by atoms with van der Waals surface area (Å²) in [6.07, 6.45) is 2.99. The summed E-state index contributed by atoms with van der Waals surface area (Å²) in [5.41, 5.74) is 6.22. The fourth-order valence-electron chi connectivity index (χ4n) is 6.02. The zero-order chi connectivity index (χ0) is 33.6. The number of fused-ring (bicyclic) bond motifs is 4. The molecule has 0 spiro atoms. The second-order valence-corrected chi connectivity index (χ2v) is 14.3. The fraction of sp³-hybridized carbons (Fsp3) is 0.455. The summed E-state index contributed by atoms with van der Waals surface area (Å²) in [7, 11) is -0.797. The highest BCUT2D eigenvalue weighted by Gasteiger charge is 2.35. The molecule has 0 unspecified atom stereocenters. The minimum atomic E-state index is -3.77. The zero-order valence-corrected chi connectivity index (χ0v) is 28.3. The summed E-state index contributed by atoms with van der Waals surface area (Å²) in [5, 5.41) is 3.29. The van der Waals surface area contributed by atoms with Crippen LogP contribution in [-0.4, -0.2) is 77.3 Å². The van der Waals surface area contributed by atoms with Crippen molar-refractivity contribution in [1.82, 2.24) is 10.3 Å². The van der Waals surface area contributed by atoms with Crippen LogP contribution in [0.2, 0.25) is 0 Å². The number of H-pyrrole nitrogens is 1. The molecule has 2 heterocycles. The molecule has 2 amide bonds. The molecule has 2 aromatic carbocycles. The SMILES string of the molecule is COc1cc2cc(C(=O)N3C[C@@H](OS(C)(=O)=O)Cc4c3cc(C)c3c4C=C(C)C3)[nH]c2c(OC)c1OCCNC(=O)OC(C)(C)C. The second-order valence-electron chi connectivity index (χ2n) is 12.7. The number of carbonyl (C=O) groups excluding carboxylic acids is 2. The van der Waals surface area contributed by atoms with Crippen molar-refractivity contribution in [2.24, 2.45) is 0 Å². The van der Waals surface area contributed by atoms with Gasteiger partial charge in [0.15, 0.2) is 11.5 Å². The standard InChI is InChI=1S/C33H41N3O9S/c1-18-11-22-19(2)13-26-24(23(22)12-18)16-21(45-46(8,39)40)17-36(26)31(37)25-14-20-15-27(41-6)29(30(42-7)28(20)35-25)43-10-9-34-32(38)44-33(3,4)5/h12-15,21,35H,9-11,16-17H2,1-8H3,(H,34,38)/t21-/m0/s1. The second kappa shape index (κ2) is 12.5. The number of allylic oxidation sites excluding steroid dienone is 1. The molecular weight excluding hydrogens is 614 g/mol. The Hall–Kier alpha value is -4.23. The number of rotatable bonds is 9. The van der Waals surface area contributed by atoms with Gasteiger partial charge in [-0.05, 0) is 81.5 Å². The third-order valence-electron chi connectivity index (χ3n) is 7.76. The van der Waals surface area contributed by atoms with Crippen LogP contribution in [0.3, 0.4) is 0 Å². The van der Waals surface area contributed by atoms with E-state index in [2.05, 4.69) is 23.3 Å².